The van der Waals surface area contributed by atoms with Crippen molar-refractivity contribution in [2.75, 3.05) is 24.3 Å². The molecule has 0 unspecified atom stereocenters. The first-order chi connectivity index (χ1) is 10.4. The fraction of sp³-hybridized carbons (Fsp3) is 0.200. The van der Waals surface area contributed by atoms with Crippen LogP contribution in [0.1, 0.15) is 5.56 Å². The number of nitrogens with one attached hydrogen (secondary N) is 1. The summed E-state index contributed by atoms with van der Waals surface area (Å²) < 4.78 is 27.1. The lowest BCUT2D eigenvalue weighted by molar-refractivity contribution is -0.384. The predicted molar refractivity (Wildman–Crippen MR) is 81.1 cm³/mol. The zero-order valence-corrected chi connectivity index (χ0v) is 12.1. The molecule has 0 amide bonds. The van der Waals surface area contributed by atoms with Crippen LogP contribution in [-0.4, -0.2) is 19.0 Å². The smallest absolute Gasteiger partial charge is 0.292 e. The molecule has 5 nitrogen and oxygen atoms in total. The molecule has 2 aromatic rings. The molecule has 1 N–H and O–H groups in total. The third-order valence-electron chi connectivity index (χ3n) is 3.13. The summed E-state index contributed by atoms with van der Waals surface area (Å²) in [4.78, 5) is 11.9. The molecule has 116 valence electrons. The Balaban J connectivity index is 2.18. The van der Waals surface area contributed by atoms with Gasteiger partial charge in [-0.1, -0.05) is 6.07 Å². The molecule has 0 heterocycles. The van der Waals surface area contributed by atoms with Gasteiger partial charge in [0.15, 0.2) is 0 Å². The summed E-state index contributed by atoms with van der Waals surface area (Å²) in [6.07, 6.45) is 0. The first kappa shape index (κ1) is 15.7. The number of rotatable bonds is 5. The van der Waals surface area contributed by atoms with Crippen molar-refractivity contribution in [3.8, 4) is 0 Å². The van der Waals surface area contributed by atoms with E-state index in [9.17, 15) is 18.9 Å². The predicted octanol–water partition coefficient (Wildman–Crippen LogP) is 3.55. The maximum atomic E-state index is 13.9. The Morgan fingerprint density at radius 3 is 2.50 bits per heavy atom. The van der Waals surface area contributed by atoms with E-state index < -0.39 is 16.6 Å². The second-order valence-electron chi connectivity index (χ2n) is 4.95. The van der Waals surface area contributed by atoms with E-state index in [0.717, 1.165) is 18.2 Å². The lowest BCUT2D eigenvalue weighted by Crippen LogP contribution is -2.11. The Morgan fingerprint density at radius 2 is 1.91 bits per heavy atom. The number of benzene rings is 2. The first-order valence-electron chi connectivity index (χ1n) is 6.52. The van der Waals surface area contributed by atoms with Gasteiger partial charge in [-0.3, -0.25) is 10.1 Å². The minimum absolute atomic E-state index is 0.0575. The molecule has 0 saturated heterocycles. The van der Waals surface area contributed by atoms with Gasteiger partial charge in [0.05, 0.1) is 10.6 Å². The first-order valence-corrected chi connectivity index (χ1v) is 6.52. The molecule has 0 aliphatic heterocycles. The van der Waals surface area contributed by atoms with Gasteiger partial charge in [-0.15, -0.1) is 0 Å². The van der Waals surface area contributed by atoms with Crippen LogP contribution in [0, 0.1) is 21.7 Å². The van der Waals surface area contributed by atoms with Crippen LogP contribution in [0.15, 0.2) is 36.4 Å². The Morgan fingerprint density at radius 1 is 1.18 bits per heavy atom. The molecule has 0 aliphatic rings. The van der Waals surface area contributed by atoms with Crippen LogP contribution >= 0.6 is 0 Å². The molecule has 0 radical (unpaired) electrons. The molecular weight excluding hydrogens is 292 g/mol. The van der Waals surface area contributed by atoms with Gasteiger partial charge in [-0.05, 0) is 23.8 Å². The Bertz CT molecular complexity index is 705. The van der Waals surface area contributed by atoms with Gasteiger partial charge in [-0.25, -0.2) is 8.78 Å². The topological polar surface area (TPSA) is 58.4 Å². The van der Waals surface area contributed by atoms with E-state index >= 15 is 0 Å². The van der Waals surface area contributed by atoms with Gasteiger partial charge < -0.3 is 10.2 Å². The Labute approximate surface area is 126 Å². The van der Waals surface area contributed by atoms with Crippen molar-refractivity contribution in [2.45, 2.75) is 6.54 Å². The van der Waals surface area contributed by atoms with Crippen LogP contribution in [0.4, 0.5) is 25.8 Å². The molecule has 0 spiro atoms. The van der Waals surface area contributed by atoms with Crippen LogP contribution in [0.3, 0.4) is 0 Å². The van der Waals surface area contributed by atoms with Gasteiger partial charge in [0.25, 0.3) is 5.69 Å². The largest absolute Gasteiger partial charge is 0.375 e. The number of halogens is 2. The van der Waals surface area contributed by atoms with E-state index in [1.807, 2.05) is 0 Å². The highest BCUT2D eigenvalue weighted by Crippen LogP contribution is 2.26. The van der Waals surface area contributed by atoms with E-state index in [-0.39, 0.29) is 17.9 Å². The molecule has 0 bridgehead atoms. The van der Waals surface area contributed by atoms with Crippen molar-refractivity contribution < 1.29 is 13.7 Å². The summed E-state index contributed by atoms with van der Waals surface area (Å²) in [6.45, 7) is 0.148. The van der Waals surface area contributed by atoms with Crippen molar-refractivity contribution in [3.05, 3.63) is 63.7 Å². The zero-order chi connectivity index (χ0) is 16.3. The van der Waals surface area contributed by atoms with Crippen LogP contribution < -0.4 is 10.2 Å². The molecule has 2 rings (SSSR count). The summed E-state index contributed by atoms with van der Waals surface area (Å²) >= 11 is 0. The van der Waals surface area contributed by atoms with Crippen LogP contribution in [0.25, 0.3) is 0 Å². The summed E-state index contributed by atoms with van der Waals surface area (Å²) in [5.41, 5.74) is 0.871. The average molecular weight is 307 g/mol. The van der Waals surface area contributed by atoms with E-state index in [0.29, 0.717) is 11.3 Å². The highest BCUT2D eigenvalue weighted by molar-refractivity contribution is 5.61. The monoisotopic (exact) mass is 307 g/mol. The quantitative estimate of drug-likeness (QED) is 0.678. The van der Waals surface area contributed by atoms with Crippen molar-refractivity contribution in [1.29, 1.82) is 0 Å². The highest BCUT2D eigenvalue weighted by Gasteiger charge is 2.14. The molecule has 7 heteroatoms. The summed E-state index contributed by atoms with van der Waals surface area (Å²) in [7, 11) is 3.46. The molecule has 0 atom stereocenters. The van der Waals surface area contributed by atoms with Gasteiger partial charge in [0.2, 0.25) is 0 Å². The van der Waals surface area contributed by atoms with Crippen LogP contribution in [-0.2, 0) is 6.54 Å². The third-order valence-corrected chi connectivity index (χ3v) is 3.13. The van der Waals surface area contributed by atoms with Crippen molar-refractivity contribution in [3.63, 3.8) is 0 Å². The standard InChI is InChI=1S/C15H15F2N3O2/c1-19(2)14-5-3-10(7-12(14)17)9-18-13-8-11(16)4-6-15(13)20(21)22/h3-8,18H,9H2,1-2H3. The normalized spacial score (nSPS) is 10.4. The summed E-state index contributed by atoms with van der Waals surface area (Å²) in [6, 6.07) is 7.82. The second kappa shape index (κ2) is 6.38. The van der Waals surface area contributed by atoms with Crippen LogP contribution in [0.2, 0.25) is 0 Å². The highest BCUT2D eigenvalue weighted by atomic mass is 19.1. The fourth-order valence-corrected chi connectivity index (χ4v) is 2.03. The molecule has 22 heavy (non-hydrogen) atoms. The van der Waals surface area contributed by atoms with Crippen molar-refractivity contribution in [1.82, 2.24) is 0 Å². The van der Waals surface area contributed by atoms with E-state index in [2.05, 4.69) is 5.32 Å². The summed E-state index contributed by atoms with van der Waals surface area (Å²) in [5, 5.41) is 13.7. The van der Waals surface area contributed by atoms with Crippen molar-refractivity contribution >= 4 is 17.1 Å². The number of nitro groups is 1. The minimum atomic E-state index is -0.600. The molecule has 0 fully saturated rings. The number of hydrogen-bond donors (Lipinski definition) is 1. The van der Waals surface area contributed by atoms with E-state index in [1.165, 1.54) is 6.07 Å². The second-order valence-corrected chi connectivity index (χ2v) is 4.95. The number of nitrogens with zero attached hydrogens (tertiary/aromatic N) is 2. The molecular formula is C15H15F2N3O2. The molecule has 0 aromatic heterocycles. The van der Waals surface area contributed by atoms with E-state index in [1.54, 1.807) is 31.1 Å². The lowest BCUT2D eigenvalue weighted by atomic mass is 10.1. The van der Waals surface area contributed by atoms with Crippen LogP contribution in [0.5, 0.6) is 0 Å². The number of anilines is 2. The Kier molecular flexibility index (Phi) is 4.55. The average Bonchev–Trinajstić information content (AvgIpc) is 2.44. The molecule has 0 saturated carbocycles. The van der Waals surface area contributed by atoms with Gasteiger partial charge >= 0.3 is 0 Å². The zero-order valence-electron chi connectivity index (χ0n) is 12.1. The number of nitro benzene ring substituents is 1. The van der Waals surface area contributed by atoms with Gasteiger partial charge in [0.1, 0.15) is 17.3 Å². The van der Waals surface area contributed by atoms with Crippen molar-refractivity contribution in [2.24, 2.45) is 0 Å². The number of hydrogen-bond acceptors (Lipinski definition) is 4. The molecule has 0 aliphatic carbocycles. The maximum absolute atomic E-state index is 13.9. The third kappa shape index (κ3) is 3.49. The Hall–Kier alpha value is -2.70. The van der Waals surface area contributed by atoms with Gasteiger partial charge in [-0.2, -0.15) is 0 Å². The minimum Gasteiger partial charge on any atom is -0.375 e. The maximum Gasteiger partial charge on any atom is 0.292 e. The van der Waals surface area contributed by atoms with E-state index in [4.69, 9.17) is 0 Å². The fourth-order valence-electron chi connectivity index (χ4n) is 2.03. The lowest BCUT2D eigenvalue weighted by Gasteiger charge is -2.14. The molecule has 2 aromatic carbocycles. The van der Waals surface area contributed by atoms with Gasteiger partial charge in [0, 0.05) is 32.8 Å². The SMILES string of the molecule is CN(C)c1ccc(CNc2cc(F)ccc2[N+](=O)[O-])cc1F. The summed E-state index contributed by atoms with van der Waals surface area (Å²) in [5.74, 6) is -0.972.